The van der Waals surface area contributed by atoms with Gasteiger partial charge in [-0.25, -0.2) is 4.79 Å². The van der Waals surface area contributed by atoms with Gasteiger partial charge in [-0.05, 0) is 43.5 Å². The van der Waals surface area contributed by atoms with E-state index in [4.69, 9.17) is 5.11 Å². The van der Waals surface area contributed by atoms with Crippen molar-refractivity contribution >= 4 is 5.97 Å². The van der Waals surface area contributed by atoms with Gasteiger partial charge < -0.3 is 10.2 Å². The van der Waals surface area contributed by atoms with Crippen LogP contribution in [0.25, 0.3) is 0 Å². The van der Waals surface area contributed by atoms with Gasteiger partial charge in [-0.1, -0.05) is 0 Å². The lowest BCUT2D eigenvalue weighted by atomic mass is 10.1. The molecular weight excluding hydrogens is 206 g/mol. The van der Waals surface area contributed by atoms with Gasteiger partial charge in [0, 0.05) is 18.0 Å². The summed E-state index contributed by atoms with van der Waals surface area (Å²) in [6.45, 7) is 1.47. The molecule has 1 rings (SSSR count). The Balaban J connectivity index is 2.45. The third-order valence-corrected chi connectivity index (χ3v) is 2.26. The van der Waals surface area contributed by atoms with Crippen LogP contribution in [0.2, 0.25) is 0 Å². The van der Waals surface area contributed by atoms with Crippen LogP contribution in [0.3, 0.4) is 0 Å². The molecule has 0 aliphatic rings. The van der Waals surface area contributed by atoms with Crippen molar-refractivity contribution in [2.45, 2.75) is 25.9 Å². The molecule has 2 N–H and O–H groups in total. The van der Waals surface area contributed by atoms with Crippen LogP contribution in [-0.4, -0.2) is 27.3 Å². The number of hydrogen-bond donors (Lipinski definition) is 2. The fourth-order valence-electron chi connectivity index (χ4n) is 1.31. The molecule has 1 aromatic heterocycles. The SMILES string of the molecule is CC(=CC(O)CCc1ccncc1)C(=O)O. The highest BCUT2D eigenvalue weighted by atomic mass is 16.4. The van der Waals surface area contributed by atoms with Crippen molar-refractivity contribution in [1.82, 2.24) is 4.98 Å². The summed E-state index contributed by atoms with van der Waals surface area (Å²) in [5.74, 6) is -0.997. The lowest BCUT2D eigenvalue weighted by Gasteiger charge is -2.06. The molecule has 1 atom stereocenters. The second-order valence-corrected chi connectivity index (χ2v) is 3.62. The zero-order valence-electron chi connectivity index (χ0n) is 9.13. The largest absolute Gasteiger partial charge is 0.478 e. The third kappa shape index (κ3) is 4.23. The molecule has 0 radical (unpaired) electrons. The Bertz CT molecular complexity index is 373. The molecule has 0 aromatic carbocycles. The molecule has 1 heterocycles. The first-order chi connectivity index (χ1) is 7.59. The number of carbonyl (C=O) groups is 1. The van der Waals surface area contributed by atoms with Gasteiger partial charge >= 0.3 is 5.97 Å². The summed E-state index contributed by atoms with van der Waals surface area (Å²) in [7, 11) is 0. The lowest BCUT2D eigenvalue weighted by molar-refractivity contribution is -0.132. The van der Waals surface area contributed by atoms with Gasteiger partial charge in [-0.15, -0.1) is 0 Å². The van der Waals surface area contributed by atoms with Crippen molar-refractivity contribution in [3.63, 3.8) is 0 Å². The van der Waals surface area contributed by atoms with E-state index >= 15 is 0 Å². The Labute approximate surface area is 94.3 Å². The van der Waals surface area contributed by atoms with Crippen LogP contribution in [-0.2, 0) is 11.2 Å². The Kier molecular flexibility index (Phi) is 4.66. The van der Waals surface area contributed by atoms with Crippen LogP contribution in [0.15, 0.2) is 36.2 Å². The number of pyridine rings is 1. The highest BCUT2D eigenvalue weighted by molar-refractivity contribution is 5.85. The Morgan fingerprint density at radius 2 is 2.12 bits per heavy atom. The second kappa shape index (κ2) is 6.02. The van der Waals surface area contributed by atoms with Crippen molar-refractivity contribution in [3.05, 3.63) is 41.7 Å². The number of aliphatic hydroxyl groups excluding tert-OH is 1. The van der Waals surface area contributed by atoms with Gasteiger partial charge in [0.15, 0.2) is 0 Å². The molecule has 0 saturated carbocycles. The summed E-state index contributed by atoms with van der Waals surface area (Å²) in [6.07, 6.45) is 5.25. The summed E-state index contributed by atoms with van der Waals surface area (Å²) >= 11 is 0. The third-order valence-electron chi connectivity index (χ3n) is 2.26. The topological polar surface area (TPSA) is 70.4 Å². The first-order valence-corrected chi connectivity index (χ1v) is 5.08. The molecule has 16 heavy (non-hydrogen) atoms. The van der Waals surface area contributed by atoms with E-state index in [1.54, 1.807) is 12.4 Å². The van der Waals surface area contributed by atoms with E-state index in [9.17, 15) is 9.90 Å². The van der Waals surface area contributed by atoms with Crippen LogP contribution in [0.1, 0.15) is 18.9 Å². The first kappa shape index (κ1) is 12.4. The second-order valence-electron chi connectivity index (χ2n) is 3.62. The van der Waals surface area contributed by atoms with Gasteiger partial charge in [0.2, 0.25) is 0 Å². The molecule has 0 aliphatic carbocycles. The van der Waals surface area contributed by atoms with Gasteiger partial charge in [0.1, 0.15) is 0 Å². The van der Waals surface area contributed by atoms with E-state index in [1.165, 1.54) is 13.0 Å². The van der Waals surface area contributed by atoms with E-state index in [0.29, 0.717) is 12.8 Å². The maximum absolute atomic E-state index is 10.5. The summed E-state index contributed by atoms with van der Waals surface area (Å²) in [6, 6.07) is 3.75. The fraction of sp³-hybridized carbons (Fsp3) is 0.333. The number of carboxylic acid groups (broad SMARTS) is 1. The van der Waals surface area contributed by atoms with E-state index in [0.717, 1.165) is 5.56 Å². The molecule has 1 unspecified atom stereocenters. The minimum atomic E-state index is -0.997. The minimum absolute atomic E-state index is 0.169. The molecule has 0 aliphatic heterocycles. The lowest BCUT2D eigenvalue weighted by Crippen LogP contribution is -2.08. The number of carboxylic acids is 1. The van der Waals surface area contributed by atoms with Crippen molar-refractivity contribution in [1.29, 1.82) is 0 Å². The van der Waals surface area contributed by atoms with E-state index in [-0.39, 0.29) is 5.57 Å². The van der Waals surface area contributed by atoms with Gasteiger partial charge in [-0.3, -0.25) is 4.98 Å². The van der Waals surface area contributed by atoms with Crippen LogP contribution in [0.5, 0.6) is 0 Å². The van der Waals surface area contributed by atoms with Crippen LogP contribution in [0.4, 0.5) is 0 Å². The predicted molar refractivity (Wildman–Crippen MR) is 60.0 cm³/mol. The first-order valence-electron chi connectivity index (χ1n) is 5.08. The molecule has 0 spiro atoms. The maximum Gasteiger partial charge on any atom is 0.331 e. The molecule has 0 saturated heterocycles. The fourth-order valence-corrected chi connectivity index (χ4v) is 1.31. The summed E-state index contributed by atoms with van der Waals surface area (Å²) < 4.78 is 0. The summed E-state index contributed by atoms with van der Waals surface area (Å²) in [5, 5.41) is 18.2. The quantitative estimate of drug-likeness (QED) is 0.737. The standard InChI is InChI=1S/C12H15NO3/c1-9(12(15)16)8-11(14)3-2-10-4-6-13-7-5-10/h4-8,11,14H,2-3H2,1H3,(H,15,16). The number of nitrogens with zero attached hydrogens (tertiary/aromatic N) is 1. The highest BCUT2D eigenvalue weighted by Gasteiger charge is 2.05. The number of aryl methyl sites for hydroxylation is 1. The predicted octanol–water partition coefficient (Wildman–Crippen LogP) is 1.41. The van der Waals surface area contributed by atoms with E-state index < -0.39 is 12.1 Å². The zero-order valence-corrected chi connectivity index (χ0v) is 9.13. The summed E-state index contributed by atoms with van der Waals surface area (Å²) in [4.78, 5) is 14.4. The van der Waals surface area contributed by atoms with Crippen LogP contribution in [0, 0.1) is 0 Å². The number of aromatic nitrogens is 1. The average Bonchev–Trinajstić information content (AvgIpc) is 2.27. The highest BCUT2D eigenvalue weighted by Crippen LogP contribution is 2.06. The molecule has 0 fully saturated rings. The molecule has 0 bridgehead atoms. The molecule has 86 valence electrons. The Hall–Kier alpha value is -1.68. The van der Waals surface area contributed by atoms with Crippen molar-refractivity contribution in [3.8, 4) is 0 Å². The van der Waals surface area contributed by atoms with Gasteiger partial charge in [0.25, 0.3) is 0 Å². The number of aliphatic hydroxyl groups is 1. The van der Waals surface area contributed by atoms with Gasteiger partial charge in [0.05, 0.1) is 6.10 Å². The molecular formula is C12H15NO3. The smallest absolute Gasteiger partial charge is 0.331 e. The Morgan fingerprint density at radius 3 is 2.69 bits per heavy atom. The van der Waals surface area contributed by atoms with Crippen molar-refractivity contribution < 1.29 is 15.0 Å². The average molecular weight is 221 g/mol. The van der Waals surface area contributed by atoms with Crippen LogP contribution < -0.4 is 0 Å². The van der Waals surface area contributed by atoms with Gasteiger partial charge in [-0.2, -0.15) is 0 Å². The Morgan fingerprint density at radius 1 is 1.50 bits per heavy atom. The molecule has 4 heteroatoms. The number of rotatable bonds is 5. The number of aliphatic carboxylic acids is 1. The minimum Gasteiger partial charge on any atom is -0.478 e. The molecule has 4 nitrogen and oxygen atoms in total. The normalized spacial score (nSPS) is 13.5. The van der Waals surface area contributed by atoms with Crippen LogP contribution >= 0.6 is 0 Å². The van der Waals surface area contributed by atoms with E-state index in [2.05, 4.69) is 4.98 Å². The monoisotopic (exact) mass is 221 g/mol. The number of hydrogen-bond acceptors (Lipinski definition) is 3. The van der Waals surface area contributed by atoms with Crippen molar-refractivity contribution in [2.24, 2.45) is 0 Å². The summed E-state index contributed by atoms with van der Waals surface area (Å²) in [5.41, 5.74) is 1.25. The van der Waals surface area contributed by atoms with Crippen molar-refractivity contribution in [2.75, 3.05) is 0 Å². The maximum atomic E-state index is 10.5. The molecule has 1 aromatic rings. The van der Waals surface area contributed by atoms with E-state index in [1.807, 2.05) is 12.1 Å². The molecule has 0 amide bonds. The zero-order chi connectivity index (χ0) is 12.0.